The Morgan fingerprint density at radius 2 is 1.82 bits per heavy atom. The van der Waals surface area contributed by atoms with Gasteiger partial charge in [-0.1, -0.05) is 0 Å². The monoisotopic (exact) mass is 304 g/mol. The highest BCUT2D eigenvalue weighted by molar-refractivity contribution is 5.76. The number of fused-ring (bicyclic) bond motifs is 1. The Labute approximate surface area is 133 Å². The lowest BCUT2D eigenvalue weighted by atomic mass is 9.81. The minimum atomic E-state index is -0.760. The van der Waals surface area contributed by atoms with Gasteiger partial charge in [-0.25, -0.2) is 0 Å². The van der Waals surface area contributed by atoms with E-state index in [0.29, 0.717) is 12.1 Å². The maximum Gasteiger partial charge on any atom is 0.307 e. The van der Waals surface area contributed by atoms with Crippen molar-refractivity contribution >= 4 is 11.7 Å². The highest BCUT2D eigenvalue weighted by Gasteiger charge is 2.34. The quantitative estimate of drug-likeness (QED) is 0.932. The average Bonchev–Trinajstić information content (AvgIpc) is 2.43. The molecule has 0 aliphatic carbocycles. The number of carbonyl (C=O) groups is 1. The molecule has 122 valence electrons. The zero-order valence-electron chi connectivity index (χ0n) is 14.8. The van der Waals surface area contributed by atoms with Gasteiger partial charge in [-0.2, -0.15) is 0 Å². The molecule has 0 spiro atoms. The van der Waals surface area contributed by atoms with Gasteiger partial charge in [-0.15, -0.1) is 0 Å². The fraction of sp³-hybridized carbons (Fsp3) is 0.611. The lowest BCUT2D eigenvalue weighted by Gasteiger charge is -2.43. The van der Waals surface area contributed by atoms with Crippen LogP contribution in [-0.2, 0) is 11.2 Å². The Kier molecular flexibility index (Phi) is 4.52. The number of carboxylic acids is 1. The molecule has 2 rings (SSSR count). The van der Waals surface area contributed by atoms with Crippen LogP contribution in [0.2, 0.25) is 0 Å². The minimum absolute atomic E-state index is 0.102. The lowest BCUT2D eigenvalue weighted by Crippen LogP contribution is -2.40. The molecule has 0 saturated heterocycles. The van der Waals surface area contributed by atoms with E-state index in [1.54, 1.807) is 0 Å². The predicted octanol–water partition coefficient (Wildman–Crippen LogP) is 3.07. The Morgan fingerprint density at radius 3 is 2.32 bits per heavy atom. The van der Waals surface area contributed by atoms with Crippen molar-refractivity contribution in [3.8, 4) is 0 Å². The molecule has 1 aliphatic rings. The molecule has 4 nitrogen and oxygen atoms in total. The Balaban J connectivity index is 2.76. The van der Waals surface area contributed by atoms with Gasteiger partial charge in [0.15, 0.2) is 0 Å². The van der Waals surface area contributed by atoms with E-state index in [2.05, 4.69) is 58.6 Å². The van der Waals surface area contributed by atoms with Gasteiger partial charge in [0, 0.05) is 24.8 Å². The summed E-state index contributed by atoms with van der Waals surface area (Å²) in [6.07, 6.45) is 1.16. The van der Waals surface area contributed by atoms with Crippen molar-refractivity contribution in [2.24, 2.45) is 0 Å². The van der Waals surface area contributed by atoms with Crippen molar-refractivity contribution in [3.05, 3.63) is 27.8 Å². The number of hydrogen-bond donors (Lipinski definition) is 1. The molecule has 0 radical (unpaired) electrons. The predicted molar refractivity (Wildman–Crippen MR) is 90.9 cm³/mol. The zero-order valence-corrected chi connectivity index (χ0v) is 14.8. The minimum Gasteiger partial charge on any atom is -0.481 e. The molecule has 1 aromatic carbocycles. The van der Waals surface area contributed by atoms with E-state index in [1.165, 1.54) is 16.8 Å². The summed E-state index contributed by atoms with van der Waals surface area (Å²) >= 11 is 0. The van der Waals surface area contributed by atoms with Crippen LogP contribution >= 0.6 is 0 Å². The number of anilines is 1. The first-order chi connectivity index (χ1) is 10.2. The van der Waals surface area contributed by atoms with Gasteiger partial charge in [-0.3, -0.25) is 4.79 Å². The van der Waals surface area contributed by atoms with Gasteiger partial charge in [0.25, 0.3) is 0 Å². The number of aliphatic carboxylic acids is 1. The molecule has 0 saturated carbocycles. The number of rotatable bonds is 3. The zero-order chi connectivity index (χ0) is 16.8. The highest BCUT2D eigenvalue weighted by atomic mass is 16.4. The summed E-state index contributed by atoms with van der Waals surface area (Å²) in [5.74, 6) is -0.760. The second kappa shape index (κ2) is 5.92. The van der Waals surface area contributed by atoms with Crippen LogP contribution in [0.25, 0.3) is 0 Å². The molecule has 0 fully saturated rings. The van der Waals surface area contributed by atoms with Crippen LogP contribution in [0, 0.1) is 20.8 Å². The maximum atomic E-state index is 11.3. The SMILES string of the molecule is Cc1c(C)c2c(c(C)c1CC(=O)O)C(N(C)C)CC(C)N2C. The first-order valence-corrected chi connectivity index (χ1v) is 7.90. The van der Waals surface area contributed by atoms with Gasteiger partial charge in [-0.05, 0) is 76.0 Å². The van der Waals surface area contributed by atoms with E-state index < -0.39 is 5.97 Å². The molecule has 0 aromatic heterocycles. The molecular weight excluding hydrogens is 276 g/mol. The largest absolute Gasteiger partial charge is 0.481 e. The first kappa shape index (κ1) is 16.8. The van der Waals surface area contributed by atoms with Gasteiger partial charge in [0.05, 0.1) is 6.42 Å². The van der Waals surface area contributed by atoms with Crippen molar-refractivity contribution in [1.29, 1.82) is 0 Å². The molecule has 22 heavy (non-hydrogen) atoms. The first-order valence-electron chi connectivity index (χ1n) is 7.90. The summed E-state index contributed by atoms with van der Waals surface area (Å²) in [5, 5.41) is 9.26. The number of carboxylic acid groups (broad SMARTS) is 1. The second-order valence-electron chi connectivity index (χ2n) is 6.86. The Morgan fingerprint density at radius 1 is 1.23 bits per heavy atom. The second-order valence-corrected chi connectivity index (χ2v) is 6.86. The smallest absolute Gasteiger partial charge is 0.307 e. The van der Waals surface area contributed by atoms with Gasteiger partial charge < -0.3 is 14.9 Å². The summed E-state index contributed by atoms with van der Waals surface area (Å²) in [7, 11) is 6.37. The number of hydrogen-bond acceptors (Lipinski definition) is 3. The fourth-order valence-corrected chi connectivity index (χ4v) is 3.79. The number of nitrogens with zero attached hydrogens (tertiary/aromatic N) is 2. The molecule has 4 heteroatoms. The van der Waals surface area contributed by atoms with Crippen LogP contribution < -0.4 is 4.90 Å². The molecule has 1 aliphatic heterocycles. The summed E-state index contributed by atoms with van der Waals surface area (Å²) in [4.78, 5) is 15.9. The standard InChI is InChI=1S/C18H28N2O2/c1-10-8-15(19(5)6)17-13(4)14(9-16(21)22)11(2)12(3)18(17)20(10)7/h10,15H,8-9H2,1-7H3,(H,21,22). The van der Waals surface area contributed by atoms with E-state index in [9.17, 15) is 9.90 Å². The molecule has 2 atom stereocenters. The summed E-state index contributed by atoms with van der Waals surface area (Å²) in [5.41, 5.74) is 7.08. The van der Waals surface area contributed by atoms with Crippen LogP contribution in [0.1, 0.15) is 47.2 Å². The van der Waals surface area contributed by atoms with Crippen LogP contribution in [0.3, 0.4) is 0 Å². The third-order valence-electron chi connectivity index (χ3n) is 5.34. The summed E-state index contributed by atoms with van der Waals surface area (Å²) in [6.45, 7) is 8.53. The van der Waals surface area contributed by atoms with E-state index in [0.717, 1.165) is 23.1 Å². The van der Waals surface area contributed by atoms with E-state index in [4.69, 9.17) is 0 Å². The highest BCUT2D eigenvalue weighted by Crippen LogP contribution is 2.45. The molecular formula is C18H28N2O2. The molecule has 1 heterocycles. The normalized spacial score (nSPS) is 21.2. The lowest BCUT2D eigenvalue weighted by molar-refractivity contribution is -0.136. The third kappa shape index (κ3) is 2.60. The third-order valence-corrected chi connectivity index (χ3v) is 5.34. The van der Waals surface area contributed by atoms with Gasteiger partial charge in [0.1, 0.15) is 0 Å². The van der Waals surface area contributed by atoms with Crippen molar-refractivity contribution in [1.82, 2.24) is 4.90 Å². The maximum absolute atomic E-state index is 11.3. The molecule has 1 aromatic rings. The average molecular weight is 304 g/mol. The van der Waals surface area contributed by atoms with Gasteiger partial charge in [0.2, 0.25) is 0 Å². The van der Waals surface area contributed by atoms with E-state index in [1.807, 2.05) is 0 Å². The molecule has 1 N–H and O–H groups in total. The van der Waals surface area contributed by atoms with Crippen LogP contribution in [0.15, 0.2) is 0 Å². The van der Waals surface area contributed by atoms with Crippen LogP contribution in [0.5, 0.6) is 0 Å². The van der Waals surface area contributed by atoms with Crippen molar-refractivity contribution < 1.29 is 9.90 Å². The fourth-order valence-electron chi connectivity index (χ4n) is 3.79. The Bertz CT molecular complexity index is 608. The van der Waals surface area contributed by atoms with Crippen molar-refractivity contribution in [3.63, 3.8) is 0 Å². The van der Waals surface area contributed by atoms with E-state index >= 15 is 0 Å². The number of benzene rings is 1. The summed E-state index contributed by atoms with van der Waals surface area (Å²) in [6, 6.07) is 0.816. The molecule has 2 unspecified atom stereocenters. The van der Waals surface area contributed by atoms with E-state index in [-0.39, 0.29) is 6.42 Å². The van der Waals surface area contributed by atoms with Gasteiger partial charge >= 0.3 is 5.97 Å². The topological polar surface area (TPSA) is 43.8 Å². The van der Waals surface area contributed by atoms with Crippen LogP contribution in [-0.4, -0.2) is 43.2 Å². The van der Waals surface area contributed by atoms with Crippen LogP contribution in [0.4, 0.5) is 5.69 Å². The van der Waals surface area contributed by atoms with Crippen molar-refractivity contribution in [2.75, 3.05) is 26.0 Å². The molecule has 0 amide bonds. The Hall–Kier alpha value is -1.55. The molecule has 0 bridgehead atoms. The van der Waals surface area contributed by atoms with Crippen molar-refractivity contribution in [2.45, 2.75) is 52.6 Å². The summed E-state index contributed by atoms with van der Waals surface area (Å²) < 4.78 is 0.